The summed E-state index contributed by atoms with van der Waals surface area (Å²) in [5, 5.41) is 0. The molecule has 0 aliphatic carbocycles. The van der Waals surface area contributed by atoms with Crippen molar-refractivity contribution in [2.24, 2.45) is 4.36 Å². The summed E-state index contributed by atoms with van der Waals surface area (Å²) in [7, 11) is 0. The Morgan fingerprint density at radius 3 is 2.18 bits per heavy atom. The average Bonchev–Trinajstić information content (AvgIpc) is 1.85. The van der Waals surface area contributed by atoms with Crippen LogP contribution in [0.3, 0.4) is 0 Å². The zero-order chi connectivity index (χ0) is 8.27. The van der Waals surface area contributed by atoms with Crippen LogP contribution in [-0.4, -0.2) is 4.21 Å². The molecule has 0 radical (unpaired) electrons. The van der Waals surface area contributed by atoms with Crippen LogP contribution in [0.5, 0.6) is 0 Å². The fraction of sp³-hybridized carbons (Fsp3) is 0. The quantitative estimate of drug-likeness (QED) is 0.641. The van der Waals surface area contributed by atoms with E-state index in [0.29, 0.717) is 6.07 Å². The molecule has 0 atom stereocenters. The summed E-state index contributed by atoms with van der Waals surface area (Å²) in [4.78, 5) is 0. The summed E-state index contributed by atoms with van der Waals surface area (Å²) >= 11 is -0.0862. The van der Waals surface area contributed by atoms with Crippen LogP contribution in [0.25, 0.3) is 0 Å². The van der Waals surface area contributed by atoms with Crippen LogP contribution in [-0.2, 0) is 11.5 Å². The van der Waals surface area contributed by atoms with Gasteiger partial charge >= 0.3 is 0 Å². The Morgan fingerprint density at radius 2 is 1.73 bits per heavy atom. The largest absolute Gasteiger partial charge is 0.207 e. The minimum Gasteiger partial charge on any atom is -0.207 e. The normalized spacial score (nSPS) is 9.27. The molecule has 0 saturated carbocycles. The predicted molar refractivity (Wildman–Crippen MR) is 36.6 cm³/mol. The highest BCUT2D eigenvalue weighted by Crippen LogP contribution is 2.14. The molecule has 11 heavy (non-hydrogen) atoms. The second-order valence-electron chi connectivity index (χ2n) is 1.79. The fourth-order valence-corrected chi connectivity index (χ4v) is 0.826. The summed E-state index contributed by atoms with van der Waals surface area (Å²) in [6.07, 6.45) is 0. The van der Waals surface area contributed by atoms with E-state index in [2.05, 4.69) is 4.36 Å². The molecule has 0 fully saturated rings. The Hall–Kier alpha value is -1.10. The van der Waals surface area contributed by atoms with Gasteiger partial charge in [0.2, 0.25) is 11.5 Å². The lowest BCUT2D eigenvalue weighted by molar-refractivity contribution is 0.584. The Bertz CT molecular complexity index is 302. The van der Waals surface area contributed by atoms with Crippen molar-refractivity contribution in [3.63, 3.8) is 0 Å². The number of nitrogens with zero attached hydrogens (tertiary/aromatic N) is 1. The van der Waals surface area contributed by atoms with Gasteiger partial charge in [0.1, 0.15) is 11.6 Å². The van der Waals surface area contributed by atoms with E-state index < -0.39 is 11.6 Å². The van der Waals surface area contributed by atoms with Crippen molar-refractivity contribution in [1.82, 2.24) is 0 Å². The van der Waals surface area contributed by atoms with Crippen molar-refractivity contribution >= 4 is 17.2 Å². The molecule has 0 saturated heterocycles. The molecule has 0 heterocycles. The molecular formula is C6H3F2NOS. The first kappa shape index (κ1) is 8.00. The van der Waals surface area contributed by atoms with Gasteiger partial charge in [-0.1, -0.05) is 0 Å². The second kappa shape index (κ2) is 3.34. The van der Waals surface area contributed by atoms with E-state index >= 15 is 0 Å². The number of halogens is 2. The van der Waals surface area contributed by atoms with E-state index in [1.165, 1.54) is 0 Å². The second-order valence-corrected chi connectivity index (χ2v) is 2.13. The lowest BCUT2D eigenvalue weighted by atomic mass is 10.3. The fourth-order valence-electron chi connectivity index (χ4n) is 0.635. The lowest BCUT2D eigenvalue weighted by Gasteiger charge is -1.90. The van der Waals surface area contributed by atoms with Crippen LogP contribution in [0.15, 0.2) is 22.6 Å². The molecule has 0 aromatic heterocycles. The zero-order valence-corrected chi connectivity index (χ0v) is 6.07. The molecule has 0 N–H and O–H groups in total. The van der Waals surface area contributed by atoms with Crippen LogP contribution < -0.4 is 0 Å². The Kier molecular flexibility index (Phi) is 2.43. The molecule has 1 aromatic carbocycles. The highest BCUT2D eigenvalue weighted by Gasteiger charge is 1.97. The number of hydrogen-bond acceptors (Lipinski definition) is 2. The number of rotatable bonds is 1. The van der Waals surface area contributed by atoms with Gasteiger partial charge in [-0.25, -0.2) is 8.78 Å². The summed E-state index contributed by atoms with van der Waals surface area (Å²) in [5.41, 5.74) is 0.00231. The molecule has 0 bridgehead atoms. The number of hydrogen-bond donors (Lipinski definition) is 0. The van der Waals surface area contributed by atoms with Crippen molar-refractivity contribution in [2.45, 2.75) is 0 Å². The van der Waals surface area contributed by atoms with Crippen molar-refractivity contribution < 1.29 is 13.0 Å². The van der Waals surface area contributed by atoms with Crippen molar-refractivity contribution in [2.75, 3.05) is 0 Å². The van der Waals surface area contributed by atoms with Crippen molar-refractivity contribution in [3.05, 3.63) is 29.8 Å². The van der Waals surface area contributed by atoms with Crippen LogP contribution >= 0.6 is 0 Å². The van der Waals surface area contributed by atoms with E-state index in [1.54, 1.807) is 0 Å². The maximum Gasteiger partial charge on any atom is 0.205 e. The highest BCUT2D eigenvalue weighted by atomic mass is 32.1. The van der Waals surface area contributed by atoms with Gasteiger partial charge < -0.3 is 0 Å². The molecule has 0 unspecified atom stereocenters. The van der Waals surface area contributed by atoms with Crippen LogP contribution in [0.2, 0.25) is 0 Å². The summed E-state index contributed by atoms with van der Waals surface area (Å²) in [6.45, 7) is 0. The first-order valence-corrected chi connectivity index (χ1v) is 3.38. The Morgan fingerprint density at radius 1 is 1.18 bits per heavy atom. The topological polar surface area (TPSA) is 29.4 Å². The Balaban J connectivity index is 3.18. The van der Waals surface area contributed by atoms with E-state index in [1.807, 2.05) is 0 Å². The zero-order valence-electron chi connectivity index (χ0n) is 5.25. The van der Waals surface area contributed by atoms with E-state index in [0.717, 1.165) is 12.1 Å². The SMILES string of the molecule is O=S=Nc1cc(F)cc(F)c1. The van der Waals surface area contributed by atoms with E-state index in [4.69, 9.17) is 0 Å². The summed E-state index contributed by atoms with van der Waals surface area (Å²) < 4.78 is 37.7. The molecular weight excluding hydrogens is 172 g/mol. The van der Waals surface area contributed by atoms with Gasteiger partial charge in [-0.05, 0) is 0 Å². The number of benzene rings is 1. The van der Waals surface area contributed by atoms with E-state index in [-0.39, 0.29) is 17.2 Å². The van der Waals surface area contributed by atoms with Crippen molar-refractivity contribution in [3.8, 4) is 0 Å². The summed E-state index contributed by atoms with van der Waals surface area (Å²) in [5.74, 6) is -1.48. The Labute approximate surface area is 65.1 Å². The molecule has 0 amide bonds. The van der Waals surface area contributed by atoms with Crippen molar-refractivity contribution in [1.29, 1.82) is 0 Å². The summed E-state index contributed by atoms with van der Waals surface area (Å²) in [6, 6.07) is 2.68. The maximum atomic E-state index is 12.3. The monoisotopic (exact) mass is 175 g/mol. The third-order valence-electron chi connectivity index (χ3n) is 0.990. The van der Waals surface area contributed by atoms with Gasteiger partial charge in [0, 0.05) is 18.2 Å². The molecule has 58 valence electrons. The van der Waals surface area contributed by atoms with Gasteiger partial charge in [-0.15, -0.1) is 0 Å². The van der Waals surface area contributed by atoms with Gasteiger partial charge in [-0.3, -0.25) is 0 Å². The first-order valence-electron chi connectivity index (χ1n) is 2.68. The molecule has 2 nitrogen and oxygen atoms in total. The van der Waals surface area contributed by atoms with Crippen LogP contribution in [0.4, 0.5) is 14.5 Å². The van der Waals surface area contributed by atoms with Gasteiger partial charge in [0.25, 0.3) is 0 Å². The third-order valence-corrected chi connectivity index (χ3v) is 1.28. The van der Waals surface area contributed by atoms with Crippen LogP contribution in [0.1, 0.15) is 0 Å². The molecule has 1 aromatic rings. The van der Waals surface area contributed by atoms with Gasteiger partial charge in [0.15, 0.2) is 0 Å². The lowest BCUT2D eigenvalue weighted by Crippen LogP contribution is -1.76. The third kappa shape index (κ3) is 2.19. The first-order chi connectivity index (χ1) is 5.22. The highest BCUT2D eigenvalue weighted by molar-refractivity contribution is 7.54. The maximum absolute atomic E-state index is 12.3. The smallest absolute Gasteiger partial charge is 0.205 e. The van der Waals surface area contributed by atoms with Gasteiger partial charge in [-0.2, -0.15) is 8.57 Å². The molecule has 1 rings (SSSR count). The average molecular weight is 175 g/mol. The molecule has 5 heteroatoms. The molecule has 0 aliphatic rings. The minimum absolute atomic E-state index is 0.00231. The molecule has 0 aliphatic heterocycles. The minimum atomic E-state index is -0.738. The van der Waals surface area contributed by atoms with E-state index in [9.17, 15) is 13.0 Å². The predicted octanol–water partition coefficient (Wildman–Crippen LogP) is 1.99. The molecule has 0 spiro atoms. The van der Waals surface area contributed by atoms with Gasteiger partial charge in [0.05, 0.1) is 5.69 Å². The standard InChI is InChI=1S/C6H3F2NOS/c7-4-1-5(8)3-6(2-4)9-11-10/h1-3H. The van der Waals surface area contributed by atoms with Crippen LogP contribution in [0, 0.1) is 11.6 Å².